The molecule has 0 aliphatic heterocycles. The van der Waals surface area contributed by atoms with Crippen molar-refractivity contribution in [1.29, 1.82) is 0 Å². The van der Waals surface area contributed by atoms with Gasteiger partial charge in [-0.25, -0.2) is 0 Å². The van der Waals surface area contributed by atoms with E-state index in [0.29, 0.717) is 5.78 Å². The first kappa shape index (κ1) is 11.4. The Kier molecular flexibility index (Phi) is 2.88. The Morgan fingerprint density at radius 2 is 1.81 bits per heavy atom. The molecule has 1 aromatic rings. The molecule has 0 aromatic heterocycles. The molecule has 1 heteroatoms. The molecule has 1 nitrogen and oxygen atoms in total. The molecule has 1 aliphatic rings. The number of Topliss-reactive ketones (excluding diaryl/α,β-unsaturated/α-hetero) is 1. The summed E-state index contributed by atoms with van der Waals surface area (Å²) in [6.45, 7) is 6.49. The van der Waals surface area contributed by atoms with Gasteiger partial charge in [0.15, 0.2) is 0 Å². The Balaban J connectivity index is 2.52. The van der Waals surface area contributed by atoms with Gasteiger partial charge in [-0.15, -0.1) is 0 Å². The number of aryl methyl sites for hydroxylation is 1. The summed E-state index contributed by atoms with van der Waals surface area (Å²) < 4.78 is 0. The standard InChI is InChI=1S/C15H20O/c1-15(2,3)14-12-9-5-4-7-11(12)8-6-10-13(14)16/h4-5,7,9,14H,6,8,10H2,1-3H3. The lowest BCUT2D eigenvalue weighted by molar-refractivity contribution is -0.122. The number of carbonyl (C=O) groups is 1. The van der Waals surface area contributed by atoms with Crippen molar-refractivity contribution < 1.29 is 4.79 Å². The molecule has 1 atom stereocenters. The summed E-state index contributed by atoms with van der Waals surface area (Å²) in [5, 5.41) is 0. The second-order valence-corrected chi connectivity index (χ2v) is 5.82. The van der Waals surface area contributed by atoms with Crippen molar-refractivity contribution in [3.8, 4) is 0 Å². The predicted octanol–water partition coefficient (Wildman–Crippen LogP) is 3.72. The molecule has 0 heterocycles. The zero-order chi connectivity index (χ0) is 11.8. The molecule has 16 heavy (non-hydrogen) atoms. The molecule has 0 spiro atoms. The number of hydrogen-bond donors (Lipinski definition) is 0. The molecule has 1 aliphatic carbocycles. The van der Waals surface area contributed by atoms with Crippen LogP contribution in [0, 0.1) is 5.41 Å². The van der Waals surface area contributed by atoms with Crippen molar-refractivity contribution in [2.45, 2.75) is 46.0 Å². The molecule has 0 N–H and O–H groups in total. The van der Waals surface area contributed by atoms with Gasteiger partial charge >= 0.3 is 0 Å². The predicted molar refractivity (Wildman–Crippen MR) is 66.6 cm³/mol. The molecule has 0 bridgehead atoms. The quantitative estimate of drug-likeness (QED) is 0.604. The largest absolute Gasteiger partial charge is 0.299 e. The molecule has 0 radical (unpaired) electrons. The topological polar surface area (TPSA) is 17.1 Å². The van der Waals surface area contributed by atoms with Crippen molar-refractivity contribution in [2.75, 3.05) is 0 Å². The Morgan fingerprint density at radius 3 is 2.50 bits per heavy atom. The Morgan fingerprint density at radius 1 is 1.12 bits per heavy atom. The van der Waals surface area contributed by atoms with E-state index in [1.54, 1.807) is 0 Å². The fraction of sp³-hybridized carbons (Fsp3) is 0.533. The van der Waals surface area contributed by atoms with Crippen LogP contribution in [0.25, 0.3) is 0 Å². The smallest absolute Gasteiger partial charge is 0.140 e. The summed E-state index contributed by atoms with van der Waals surface area (Å²) in [6.07, 6.45) is 2.79. The highest BCUT2D eigenvalue weighted by Crippen LogP contribution is 2.40. The molecule has 1 unspecified atom stereocenters. The van der Waals surface area contributed by atoms with Gasteiger partial charge in [0.05, 0.1) is 0 Å². The van der Waals surface area contributed by atoms with Gasteiger partial charge < -0.3 is 0 Å². The van der Waals surface area contributed by atoms with E-state index in [-0.39, 0.29) is 11.3 Å². The maximum atomic E-state index is 12.2. The Bertz CT molecular complexity index is 398. The van der Waals surface area contributed by atoms with E-state index in [9.17, 15) is 4.79 Å². The van der Waals surface area contributed by atoms with Crippen molar-refractivity contribution in [1.82, 2.24) is 0 Å². The van der Waals surface area contributed by atoms with Crippen LogP contribution >= 0.6 is 0 Å². The van der Waals surface area contributed by atoms with Crippen LogP contribution < -0.4 is 0 Å². The summed E-state index contributed by atoms with van der Waals surface area (Å²) in [4.78, 5) is 12.2. The molecule has 2 rings (SSSR count). The summed E-state index contributed by atoms with van der Waals surface area (Å²) in [6, 6.07) is 8.44. The summed E-state index contributed by atoms with van der Waals surface area (Å²) in [5.41, 5.74) is 2.66. The van der Waals surface area contributed by atoms with Gasteiger partial charge in [0.2, 0.25) is 0 Å². The number of ketones is 1. The molecule has 0 saturated heterocycles. The fourth-order valence-electron chi connectivity index (χ4n) is 2.76. The average Bonchev–Trinajstić information content (AvgIpc) is 2.34. The summed E-state index contributed by atoms with van der Waals surface area (Å²) in [5.74, 6) is 0.489. The summed E-state index contributed by atoms with van der Waals surface area (Å²) >= 11 is 0. The van der Waals surface area contributed by atoms with Crippen molar-refractivity contribution in [2.24, 2.45) is 5.41 Å². The molecule has 1 aromatic carbocycles. The minimum absolute atomic E-state index is 0.0253. The van der Waals surface area contributed by atoms with Crippen LogP contribution in [0.1, 0.15) is 50.7 Å². The van der Waals surface area contributed by atoms with Gasteiger partial charge in [0, 0.05) is 12.3 Å². The second kappa shape index (κ2) is 4.04. The third-order valence-corrected chi connectivity index (χ3v) is 3.42. The van der Waals surface area contributed by atoms with Crippen molar-refractivity contribution >= 4 is 5.78 Å². The zero-order valence-electron chi connectivity index (χ0n) is 10.4. The van der Waals surface area contributed by atoms with Gasteiger partial charge in [-0.2, -0.15) is 0 Å². The first-order valence-corrected chi connectivity index (χ1v) is 6.10. The number of hydrogen-bond acceptors (Lipinski definition) is 1. The maximum Gasteiger partial charge on any atom is 0.140 e. The molecular formula is C15H20O. The van der Waals surface area contributed by atoms with Crippen LogP contribution in [-0.4, -0.2) is 5.78 Å². The Labute approximate surface area is 97.9 Å². The summed E-state index contributed by atoms with van der Waals surface area (Å²) in [7, 11) is 0. The lowest BCUT2D eigenvalue weighted by Crippen LogP contribution is -2.26. The molecule has 0 fully saturated rings. The van der Waals surface area contributed by atoms with E-state index in [4.69, 9.17) is 0 Å². The molecule has 0 amide bonds. The Hall–Kier alpha value is -1.11. The lowest BCUT2D eigenvalue weighted by Gasteiger charge is -2.30. The first-order valence-electron chi connectivity index (χ1n) is 6.10. The average molecular weight is 216 g/mol. The normalized spacial score (nSPS) is 21.4. The first-order chi connectivity index (χ1) is 7.50. The minimum atomic E-state index is 0.0253. The van der Waals surface area contributed by atoms with Gasteiger partial charge in [0.25, 0.3) is 0 Å². The van der Waals surface area contributed by atoms with Crippen LogP contribution in [0.3, 0.4) is 0 Å². The van der Waals surface area contributed by atoms with E-state index < -0.39 is 0 Å². The zero-order valence-corrected chi connectivity index (χ0v) is 10.4. The van der Waals surface area contributed by atoms with Gasteiger partial charge in [-0.3, -0.25) is 4.79 Å². The SMILES string of the molecule is CC(C)(C)C1C(=O)CCCc2ccccc21. The van der Waals surface area contributed by atoms with Crippen LogP contribution in [-0.2, 0) is 11.2 Å². The highest BCUT2D eigenvalue weighted by Gasteiger charge is 2.34. The third kappa shape index (κ3) is 2.04. The van der Waals surface area contributed by atoms with E-state index >= 15 is 0 Å². The molecular weight excluding hydrogens is 196 g/mol. The second-order valence-electron chi connectivity index (χ2n) is 5.82. The fourth-order valence-corrected chi connectivity index (χ4v) is 2.76. The van der Waals surface area contributed by atoms with E-state index in [1.165, 1.54) is 11.1 Å². The van der Waals surface area contributed by atoms with Crippen LogP contribution in [0.4, 0.5) is 0 Å². The van der Waals surface area contributed by atoms with E-state index in [1.807, 2.05) is 0 Å². The van der Waals surface area contributed by atoms with Crippen LogP contribution in [0.2, 0.25) is 0 Å². The highest BCUT2D eigenvalue weighted by atomic mass is 16.1. The van der Waals surface area contributed by atoms with Crippen molar-refractivity contribution in [3.05, 3.63) is 35.4 Å². The lowest BCUT2D eigenvalue weighted by atomic mass is 9.73. The minimum Gasteiger partial charge on any atom is -0.299 e. The van der Waals surface area contributed by atoms with Gasteiger partial charge in [-0.1, -0.05) is 45.0 Å². The number of fused-ring (bicyclic) bond motifs is 1. The maximum absolute atomic E-state index is 12.2. The number of rotatable bonds is 0. The van der Waals surface area contributed by atoms with Gasteiger partial charge in [0.1, 0.15) is 5.78 Å². The number of carbonyl (C=O) groups excluding carboxylic acids is 1. The molecule has 86 valence electrons. The van der Waals surface area contributed by atoms with Crippen LogP contribution in [0.5, 0.6) is 0 Å². The van der Waals surface area contributed by atoms with Crippen LogP contribution in [0.15, 0.2) is 24.3 Å². The highest BCUT2D eigenvalue weighted by molar-refractivity contribution is 5.87. The van der Waals surface area contributed by atoms with E-state index in [2.05, 4.69) is 45.0 Å². The third-order valence-electron chi connectivity index (χ3n) is 3.42. The monoisotopic (exact) mass is 216 g/mol. The van der Waals surface area contributed by atoms with Crippen molar-refractivity contribution in [3.63, 3.8) is 0 Å². The molecule has 0 saturated carbocycles. The number of benzene rings is 1. The van der Waals surface area contributed by atoms with Gasteiger partial charge in [-0.05, 0) is 29.4 Å². The van der Waals surface area contributed by atoms with E-state index in [0.717, 1.165) is 19.3 Å².